The summed E-state index contributed by atoms with van der Waals surface area (Å²) < 4.78 is 81.2. The summed E-state index contributed by atoms with van der Waals surface area (Å²) >= 11 is 0.607. The predicted molar refractivity (Wildman–Crippen MR) is 199 cm³/mol. The predicted octanol–water partition coefficient (Wildman–Crippen LogP) is 3.03. The summed E-state index contributed by atoms with van der Waals surface area (Å²) in [5.41, 5.74) is 4.40. The quantitative estimate of drug-likeness (QED) is 0.130. The lowest BCUT2D eigenvalue weighted by atomic mass is 9.98. The molecule has 2 saturated heterocycles. The Labute approximate surface area is 328 Å². The first-order chi connectivity index (χ1) is 27.0. The second-order valence-electron chi connectivity index (χ2n) is 15.3. The average Bonchev–Trinajstić information content (AvgIpc) is 3.44. The van der Waals surface area contributed by atoms with E-state index in [1.165, 1.54) is 30.7 Å². The molecule has 6 heterocycles. The van der Waals surface area contributed by atoms with Gasteiger partial charge in [-0.25, -0.2) is 34.0 Å². The van der Waals surface area contributed by atoms with Crippen molar-refractivity contribution >= 4 is 60.1 Å². The zero-order chi connectivity index (χ0) is 40.7. The zero-order valence-corrected chi connectivity index (χ0v) is 34.3. The molecule has 2 saturated carbocycles. The zero-order valence-electron chi connectivity index (χ0n) is 31.7. The van der Waals surface area contributed by atoms with Gasteiger partial charge >= 0.3 is 20.6 Å². The number of nitrogen functional groups attached to an aromatic ring is 1. The summed E-state index contributed by atoms with van der Waals surface area (Å²) in [5.74, 6) is -0.976. The summed E-state index contributed by atoms with van der Waals surface area (Å²) in [6.07, 6.45) is -2.85. The number of aromatic nitrogens is 8. The molecule has 4 aromatic heterocycles. The molecule has 11 atom stereocenters. The third-order valence-corrected chi connectivity index (χ3v) is 15.4. The number of aliphatic hydroxyl groups excluding tert-OH is 1. The van der Waals surface area contributed by atoms with E-state index in [0.29, 0.717) is 34.8 Å². The third-order valence-electron chi connectivity index (χ3n) is 10.6. The van der Waals surface area contributed by atoms with Gasteiger partial charge in [0.2, 0.25) is 0 Å². The average molecular weight is 856 g/mol. The minimum Gasteiger partial charge on any atom is -0.454 e. The number of phosphoric ester groups is 1. The van der Waals surface area contributed by atoms with Crippen LogP contribution in [0.4, 0.5) is 5.82 Å². The van der Waals surface area contributed by atoms with Crippen LogP contribution in [-0.2, 0) is 50.8 Å². The first kappa shape index (κ1) is 40.4. The molecular weight excluding hydrogens is 812 g/mol. The van der Waals surface area contributed by atoms with E-state index in [0.717, 1.165) is 0 Å². The van der Waals surface area contributed by atoms with E-state index < -0.39 is 98.2 Å². The molecule has 2 bridgehead atoms. The molecule has 4 N–H and O–H groups in total. The van der Waals surface area contributed by atoms with Crippen LogP contribution in [0.25, 0.3) is 22.3 Å². The summed E-state index contributed by atoms with van der Waals surface area (Å²) in [5, 5.41) is 12.1. The number of nitrogens with one attached hydrogen (secondary N) is 1. The lowest BCUT2D eigenvalue weighted by molar-refractivity contribution is -0.150. The number of fused-ring (bicyclic) bond motifs is 4. The molecule has 0 aromatic carbocycles. The Morgan fingerprint density at radius 1 is 1.12 bits per heavy atom. The fourth-order valence-corrected chi connectivity index (χ4v) is 12.1. The number of aryl methyl sites for hydroxylation is 1. The number of hydrogen-bond donors (Lipinski definition) is 3. The van der Waals surface area contributed by atoms with E-state index >= 15 is 0 Å². The summed E-state index contributed by atoms with van der Waals surface area (Å²) in [6.45, 7) is 2.90. The number of nitrogens with zero attached hydrogens (tertiary/aromatic N) is 7. The Balaban J connectivity index is 1.19. The number of carbonyl (C=O) groups excluding carboxylic acids is 1. The topological polar surface area (TPSA) is 278 Å². The van der Waals surface area contributed by atoms with Crippen molar-refractivity contribution in [3.05, 3.63) is 35.2 Å². The number of methoxy groups -OCH3 is 1. The Morgan fingerprint density at radius 3 is 2.61 bits per heavy atom. The van der Waals surface area contributed by atoms with Gasteiger partial charge in [-0.2, -0.15) is 0 Å². The van der Waals surface area contributed by atoms with Gasteiger partial charge in [-0.3, -0.25) is 36.8 Å². The largest absolute Gasteiger partial charge is 0.475 e. The summed E-state index contributed by atoms with van der Waals surface area (Å²) in [7, 11) is -3.16. The van der Waals surface area contributed by atoms with Crippen molar-refractivity contribution in [2.75, 3.05) is 38.6 Å². The van der Waals surface area contributed by atoms with Crippen LogP contribution in [0.5, 0.6) is 0 Å². The van der Waals surface area contributed by atoms with Crippen molar-refractivity contribution in [3.8, 4) is 0 Å². The van der Waals surface area contributed by atoms with Gasteiger partial charge < -0.3 is 34.6 Å². The molecule has 1 spiro atoms. The summed E-state index contributed by atoms with van der Waals surface area (Å²) in [4.78, 5) is 49.5. The van der Waals surface area contributed by atoms with E-state index in [1.807, 2.05) is 0 Å². The highest BCUT2D eigenvalue weighted by Gasteiger charge is 2.74. The molecule has 57 heavy (non-hydrogen) atoms. The Bertz CT molecular complexity index is 2350. The molecule has 8 rings (SSSR count). The number of nitrogens with two attached hydrogens (primary N) is 1. The molecule has 310 valence electrons. The molecule has 0 amide bonds. The van der Waals surface area contributed by atoms with Gasteiger partial charge in [0.05, 0.1) is 43.9 Å². The van der Waals surface area contributed by atoms with E-state index in [2.05, 4.69) is 29.9 Å². The molecule has 0 radical (unpaired) electrons. The number of hydrogen-bond acceptors (Lipinski definition) is 20. The van der Waals surface area contributed by atoms with Gasteiger partial charge in [-0.15, -0.1) is 0 Å². The highest BCUT2D eigenvalue weighted by Crippen LogP contribution is 2.74. The maximum atomic E-state index is 15.0. The SMILES string of the molecule is CCO[P@@]1(=O)OC[C@]23C[C@@H]2[C@@H](n2cnc4c(N)ncnc42)[C@H](O)[C@@H]3O[P@@](=O)(SCOC(=O)C(C)(C)C)OC[C@H]2O[C@@H](n3cnc4c(=O)[nH]c(C)nc43)[C@H](O1)[C@@H]2OC. The van der Waals surface area contributed by atoms with Crippen molar-refractivity contribution in [1.29, 1.82) is 0 Å². The van der Waals surface area contributed by atoms with Crippen LogP contribution in [0, 0.1) is 23.7 Å². The van der Waals surface area contributed by atoms with Crippen molar-refractivity contribution in [2.24, 2.45) is 16.7 Å². The van der Waals surface area contributed by atoms with Crippen LogP contribution < -0.4 is 11.3 Å². The molecule has 22 nitrogen and oxygen atoms in total. The standard InChI is InChI=1S/C32H43N9O13P2S/c1-7-49-55(45)51-10-32-8-16(32)20(40-12-36-18-25(33)34-11-35-26(18)40)21(42)24(32)54-56(46,57-14-48-30(44)31(3,4)5)50-9-17-22(47-6)23(53-55)29(52-17)41-13-37-19-27(41)38-15(2)39-28(19)43/h11-13,16-17,20-24,29,42H,7-10,14H2,1-6H3,(H2,33,34,35)(H,38,39,43)/t16-,17-,20-,21+,22-,23-,24+,29-,32-,55+,56+/m1/s1. The van der Waals surface area contributed by atoms with Crippen LogP contribution in [0.15, 0.2) is 23.8 Å². The Morgan fingerprint density at radius 2 is 1.88 bits per heavy atom. The monoisotopic (exact) mass is 855 g/mol. The van der Waals surface area contributed by atoms with Crippen molar-refractivity contribution in [3.63, 3.8) is 0 Å². The van der Waals surface area contributed by atoms with Crippen LogP contribution in [0.2, 0.25) is 0 Å². The highest BCUT2D eigenvalue weighted by atomic mass is 32.7. The lowest BCUT2D eigenvalue weighted by Crippen LogP contribution is -2.38. The number of H-pyrrole nitrogens is 1. The fourth-order valence-electron chi connectivity index (χ4n) is 7.81. The normalized spacial score (nSPS) is 35.6. The molecular formula is C32H43N9O13P2S. The number of aliphatic hydroxyl groups is 1. The molecule has 25 heteroatoms. The lowest BCUT2D eigenvalue weighted by Gasteiger charge is -2.32. The molecule has 0 unspecified atom stereocenters. The fraction of sp³-hybridized carbons (Fsp3) is 0.656. The van der Waals surface area contributed by atoms with Crippen LogP contribution in [0.1, 0.15) is 52.2 Å². The van der Waals surface area contributed by atoms with Gasteiger partial charge in [0.1, 0.15) is 54.1 Å². The van der Waals surface area contributed by atoms with E-state index in [9.17, 15) is 23.8 Å². The third kappa shape index (κ3) is 7.13. The first-order valence-electron chi connectivity index (χ1n) is 18.1. The number of aromatic amines is 1. The molecule has 4 fully saturated rings. The van der Waals surface area contributed by atoms with Gasteiger partial charge in [-0.1, -0.05) is 0 Å². The minimum absolute atomic E-state index is 0.00782. The van der Waals surface area contributed by atoms with E-state index in [4.69, 9.17) is 42.6 Å². The number of esters is 1. The second kappa shape index (κ2) is 14.7. The number of anilines is 1. The van der Waals surface area contributed by atoms with Crippen molar-refractivity contribution < 1.29 is 55.9 Å². The first-order valence-corrected chi connectivity index (χ1v) is 22.7. The Kier molecular flexibility index (Phi) is 10.5. The summed E-state index contributed by atoms with van der Waals surface area (Å²) in [6, 6.07) is -0.759. The second-order valence-corrected chi connectivity index (χ2v) is 20.9. The number of imidazole rings is 2. The maximum Gasteiger partial charge on any atom is 0.475 e. The number of rotatable bonds is 8. The molecule has 4 aromatic rings. The Hall–Kier alpha value is -3.34. The van der Waals surface area contributed by atoms with E-state index in [1.54, 1.807) is 39.2 Å². The van der Waals surface area contributed by atoms with Crippen molar-refractivity contribution in [2.45, 2.75) is 83.8 Å². The number of carbonyl (C=O) groups is 1. The minimum atomic E-state index is -4.53. The van der Waals surface area contributed by atoms with Gasteiger partial charge in [-0.05, 0) is 47.0 Å². The molecule has 2 aliphatic heterocycles. The smallest absolute Gasteiger partial charge is 0.454 e. The van der Waals surface area contributed by atoms with Crippen LogP contribution >= 0.6 is 26.0 Å². The van der Waals surface area contributed by atoms with Gasteiger partial charge in [0.15, 0.2) is 28.9 Å². The van der Waals surface area contributed by atoms with Crippen molar-refractivity contribution in [1.82, 2.24) is 39.0 Å². The van der Waals surface area contributed by atoms with Gasteiger partial charge in [0, 0.05) is 23.9 Å². The molecule has 2 aliphatic carbocycles. The van der Waals surface area contributed by atoms with Crippen LogP contribution in [0.3, 0.4) is 0 Å². The number of phosphoric acid groups is 1. The van der Waals surface area contributed by atoms with E-state index in [-0.39, 0.29) is 30.2 Å². The maximum absolute atomic E-state index is 15.0. The number of ether oxygens (including phenoxy) is 3. The van der Waals surface area contributed by atoms with Crippen LogP contribution in [-0.4, -0.2) is 114 Å². The highest BCUT2D eigenvalue weighted by molar-refractivity contribution is 8.55. The molecule has 4 aliphatic rings. The van der Waals surface area contributed by atoms with Gasteiger partial charge in [0.25, 0.3) is 5.56 Å².